The van der Waals surface area contributed by atoms with E-state index in [9.17, 15) is 23.9 Å². The number of benzene rings is 2. The first kappa shape index (κ1) is 16.4. The Hall–Kier alpha value is -3.48. The van der Waals surface area contributed by atoms with E-state index < -0.39 is 28.9 Å². The molecule has 0 unspecified atom stereocenters. The van der Waals surface area contributed by atoms with Crippen LogP contribution in [0.15, 0.2) is 51.7 Å². The predicted molar refractivity (Wildman–Crippen MR) is 86.1 cm³/mol. The maximum atomic E-state index is 13.1. The number of carbonyl (C=O) groups excluding carboxylic acids is 1. The highest BCUT2D eigenvalue weighted by molar-refractivity contribution is 5.96. The fourth-order valence-electron chi connectivity index (χ4n) is 2.43. The van der Waals surface area contributed by atoms with E-state index in [1.807, 2.05) is 0 Å². The van der Waals surface area contributed by atoms with Gasteiger partial charge < -0.3 is 14.3 Å². The van der Waals surface area contributed by atoms with Crippen LogP contribution in [0, 0.1) is 5.82 Å². The van der Waals surface area contributed by atoms with Crippen LogP contribution < -0.4 is 10.2 Å². The van der Waals surface area contributed by atoms with Crippen LogP contribution in [0.5, 0.6) is 5.75 Å². The van der Waals surface area contributed by atoms with E-state index in [0.717, 1.165) is 12.1 Å². The van der Waals surface area contributed by atoms with E-state index in [0.29, 0.717) is 0 Å². The zero-order chi connectivity index (χ0) is 18.1. The van der Waals surface area contributed by atoms with Crippen LogP contribution in [-0.2, 0) is 4.79 Å². The number of fused-ring (bicyclic) bond motifs is 1. The monoisotopic (exact) mass is 342 g/mol. The van der Waals surface area contributed by atoms with Crippen LogP contribution in [0.1, 0.15) is 17.5 Å². The summed E-state index contributed by atoms with van der Waals surface area (Å²) in [5, 5.41) is 9.50. The van der Waals surface area contributed by atoms with Crippen molar-refractivity contribution in [3.63, 3.8) is 0 Å². The Morgan fingerprint density at radius 3 is 2.40 bits per heavy atom. The molecule has 1 aromatic heterocycles. The normalized spacial score (nSPS) is 10.6. The summed E-state index contributed by atoms with van der Waals surface area (Å²) >= 11 is 0. The third-order valence-electron chi connectivity index (χ3n) is 3.45. The van der Waals surface area contributed by atoms with Gasteiger partial charge in [0.25, 0.3) is 0 Å². The van der Waals surface area contributed by atoms with Gasteiger partial charge in [0.05, 0.1) is 10.9 Å². The molecular formula is C18H11FO6. The Morgan fingerprint density at radius 1 is 1.12 bits per heavy atom. The van der Waals surface area contributed by atoms with Crippen molar-refractivity contribution in [3.05, 3.63) is 64.3 Å². The second-order valence-corrected chi connectivity index (χ2v) is 5.20. The van der Waals surface area contributed by atoms with E-state index in [2.05, 4.69) is 0 Å². The minimum absolute atomic E-state index is 0.0352. The second-order valence-electron chi connectivity index (χ2n) is 5.20. The molecule has 3 aromatic rings. The predicted octanol–water partition coefficient (Wildman–Crippen LogP) is 3.22. The average Bonchev–Trinajstić information content (AvgIpc) is 2.55. The zero-order valence-electron chi connectivity index (χ0n) is 12.9. The third-order valence-corrected chi connectivity index (χ3v) is 3.45. The number of esters is 1. The second kappa shape index (κ2) is 6.20. The van der Waals surface area contributed by atoms with E-state index in [-0.39, 0.29) is 27.8 Å². The third kappa shape index (κ3) is 3.12. The molecule has 25 heavy (non-hydrogen) atoms. The van der Waals surface area contributed by atoms with E-state index >= 15 is 0 Å². The molecule has 126 valence electrons. The molecule has 6 nitrogen and oxygen atoms in total. The fraction of sp³-hybridized carbons (Fsp3) is 0.0556. The molecule has 0 aliphatic carbocycles. The molecule has 0 amide bonds. The number of hydrogen-bond acceptors (Lipinski definition) is 5. The van der Waals surface area contributed by atoms with Gasteiger partial charge in [0.15, 0.2) is 0 Å². The molecule has 0 bridgehead atoms. The maximum absolute atomic E-state index is 13.1. The van der Waals surface area contributed by atoms with Crippen molar-refractivity contribution in [2.75, 3.05) is 0 Å². The van der Waals surface area contributed by atoms with Gasteiger partial charge in [0.1, 0.15) is 17.1 Å². The highest BCUT2D eigenvalue weighted by Gasteiger charge is 2.21. The summed E-state index contributed by atoms with van der Waals surface area (Å²) < 4.78 is 23.4. The molecule has 1 heterocycles. The Bertz CT molecular complexity index is 1050. The van der Waals surface area contributed by atoms with Gasteiger partial charge >= 0.3 is 11.9 Å². The lowest BCUT2D eigenvalue weighted by Gasteiger charge is -2.08. The van der Waals surface area contributed by atoms with Crippen LogP contribution in [0.2, 0.25) is 0 Å². The maximum Gasteiger partial charge on any atom is 0.372 e. The van der Waals surface area contributed by atoms with Crippen LogP contribution in [0.25, 0.3) is 22.1 Å². The molecule has 0 atom stereocenters. The van der Waals surface area contributed by atoms with Gasteiger partial charge in [0, 0.05) is 13.0 Å². The highest BCUT2D eigenvalue weighted by Crippen LogP contribution is 2.27. The summed E-state index contributed by atoms with van der Waals surface area (Å²) in [6.45, 7) is 1.21. The summed E-state index contributed by atoms with van der Waals surface area (Å²) in [6, 6.07) is 8.87. The lowest BCUT2D eigenvalue weighted by molar-refractivity contribution is -0.131. The first-order chi connectivity index (χ1) is 11.9. The first-order valence-electron chi connectivity index (χ1n) is 7.15. The van der Waals surface area contributed by atoms with Gasteiger partial charge in [0.2, 0.25) is 11.2 Å². The number of rotatable bonds is 3. The molecule has 0 spiro atoms. The average molecular weight is 342 g/mol. The van der Waals surface area contributed by atoms with Crippen LogP contribution >= 0.6 is 0 Å². The smallest absolute Gasteiger partial charge is 0.372 e. The molecule has 2 aromatic carbocycles. The molecule has 0 saturated heterocycles. The molecular weight excluding hydrogens is 331 g/mol. The van der Waals surface area contributed by atoms with Gasteiger partial charge in [-0.25, -0.2) is 9.18 Å². The number of hydrogen-bond donors (Lipinski definition) is 1. The molecule has 0 aliphatic rings. The summed E-state index contributed by atoms with van der Waals surface area (Å²) in [6.07, 6.45) is 0. The van der Waals surface area contributed by atoms with Crippen molar-refractivity contribution in [2.45, 2.75) is 6.92 Å². The number of halogens is 1. The Balaban J connectivity index is 2.30. The number of carboxylic acid groups (broad SMARTS) is 1. The Labute approximate surface area is 140 Å². The van der Waals surface area contributed by atoms with Crippen molar-refractivity contribution < 1.29 is 28.2 Å². The van der Waals surface area contributed by atoms with Crippen LogP contribution in [0.3, 0.4) is 0 Å². The summed E-state index contributed by atoms with van der Waals surface area (Å²) in [4.78, 5) is 35.3. The largest absolute Gasteiger partial charge is 0.475 e. The summed E-state index contributed by atoms with van der Waals surface area (Å²) in [5.41, 5.74) is -0.578. The number of aromatic carboxylic acids is 1. The summed E-state index contributed by atoms with van der Waals surface area (Å²) in [5.74, 6) is -2.99. The molecule has 0 fully saturated rings. The lowest BCUT2D eigenvalue weighted by atomic mass is 10.0. The van der Waals surface area contributed by atoms with Gasteiger partial charge in [-0.1, -0.05) is 12.1 Å². The van der Waals surface area contributed by atoms with Gasteiger partial charge in [-0.05, 0) is 29.8 Å². The molecule has 0 radical (unpaired) electrons. The minimum atomic E-state index is -1.45. The minimum Gasteiger partial charge on any atom is -0.475 e. The van der Waals surface area contributed by atoms with Crippen LogP contribution in [0.4, 0.5) is 4.39 Å². The number of ether oxygens (including phenoxy) is 1. The van der Waals surface area contributed by atoms with Gasteiger partial charge in [-0.3, -0.25) is 9.59 Å². The number of carboxylic acids is 1. The van der Waals surface area contributed by atoms with Crippen LogP contribution in [-0.4, -0.2) is 17.0 Å². The van der Waals surface area contributed by atoms with Gasteiger partial charge in [-0.15, -0.1) is 0 Å². The fourth-order valence-corrected chi connectivity index (χ4v) is 2.43. The van der Waals surface area contributed by atoms with Crippen molar-refractivity contribution in [1.82, 2.24) is 0 Å². The summed E-state index contributed by atoms with van der Waals surface area (Å²) in [7, 11) is 0. The van der Waals surface area contributed by atoms with Crippen molar-refractivity contribution in [2.24, 2.45) is 0 Å². The Morgan fingerprint density at radius 2 is 1.80 bits per heavy atom. The molecule has 0 aliphatic heterocycles. The zero-order valence-corrected chi connectivity index (χ0v) is 12.9. The lowest BCUT2D eigenvalue weighted by Crippen LogP contribution is -2.13. The standard InChI is InChI=1S/C18H11FO6/c1-9(20)24-12-6-7-13-14(8-12)25-17(18(22)23)15(16(13)21)10-2-4-11(19)5-3-10/h2-8H,1H3,(H,22,23). The molecule has 3 rings (SSSR count). The first-order valence-corrected chi connectivity index (χ1v) is 7.15. The SMILES string of the molecule is CC(=O)Oc1ccc2c(=O)c(-c3ccc(F)cc3)c(C(=O)O)oc2c1. The molecule has 0 saturated carbocycles. The molecule has 1 N–H and O–H groups in total. The quantitative estimate of drug-likeness (QED) is 0.580. The van der Waals surface area contributed by atoms with E-state index in [1.54, 1.807) is 0 Å². The number of carbonyl (C=O) groups is 2. The van der Waals surface area contributed by atoms with Crippen molar-refractivity contribution in [1.29, 1.82) is 0 Å². The Kier molecular flexibility index (Phi) is 4.06. The van der Waals surface area contributed by atoms with E-state index in [4.69, 9.17) is 9.15 Å². The van der Waals surface area contributed by atoms with E-state index in [1.165, 1.54) is 37.3 Å². The van der Waals surface area contributed by atoms with Gasteiger partial charge in [-0.2, -0.15) is 0 Å². The highest BCUT2D eigenvalue weighted by atomic mass is 19.1. The van der Waals surface area contributed by atoms with Crippen molar-refractivity contribution in [3.8, 4) is 16.9 Å². The topological polar surface area (TPSA) is 93.8 Å². The molecule has 7 heteroatoms. The van der Waals surface area contributed by atoms with Crippen molar-refractivity contribution >= 4 is 22.9 Å².